The number of methoxy groups -OCH3 is 1. The van der Waals surface area contributed by atoms with E-state index in [4.69, 9.17) is 0 Å². The molecule has 0 aliphatic heterocycles. The lowest BCUT2D eigenvalue weighted by Crippen LogP contribution is -2.08. The van der Waals surface area contributed by atoms with Crippen LogP contribution in [0.1, 0.15) is 18.4 Å². The molecular formula is C11H12FNO3. The van der Waals surface area contributed by atoms with E-state index in [2.05, 4.69) is 9.72 Å². The minimum absolute atomic E-state index is 0.0225. The molecule has 0 bridgehead atoms. The van der Waals surface area contributed by atoms with Gasteiger partial charge < -0.3 is 4.74 Å². The summed E-state index contributed by atoms with van der Waals surface area (Å²) >= 11 is 0. The molecule has 1 aromatic rings. The Hall–Kier alpha value is -1.78. The summed E-state index contributed by atoms with van der Waals surface area (Å²) in [5, 5.41) is 0. The monoisotopic (exact) mass is 225 g/mol. The van der Waals surface area contributed by atoms with Gasteiger partial charge in [-0.15, -0.1) is 0 Å². The van der Waals surface area contributed by atoms with Crippen molar-refractivity contribution in [2.45, 2.75) is 19.3 Å². The first-order valence-corrected chi connectivity index (χ1v) is 4.80. The molecule has 0 amide bonds. The number of halogens is 1. The lowest BCUT2D eigenvalue weighted by Gasteiger charge is -2.01. The highest BCUT2D eigenvalue weighted by atomic mass is 19.1. The van der Waals surface area contributed by atoms with Crippen molar-refractivity contribution in [1.29, 1.82) is 0 Å². The molecule has 4 nitrogen and oxygen atoms in total. The second-order valence-electron chi connectivity index (χ2n) is 3.26. The zero-order valence-electron chi connectivity index (χ0n) is 8.90. The van der Waals surface area contributed by atoms with Crippen LogP contribution in [0.15, 0.2) is 18.5 Å². The van der Waals surface area contributed by atoms with Crippen LogP contribution >= 0.6 is 0 Å². The van der Waals surface area contributed by atoms with Crippen molar-refractivity contribution in [3.8, 4) is 0 Å². The molecule has 86 valence electrons. The van der Waals surface area contributed by atoms with Crippen molar-refractivity contribution in [2.24, 2.45) is 0 Å². The molecule has 5 heteroatoms. The summed E-state index contributed by atoms with van der Waals surface area (Å²) in [5.74, 6) is -1.15. The van der Waals surface area contributed by atoms with E-state index in [0.717, 1.165) is 6.20 Å². The Bertz CT molecular complexity index is 393. The quantitative estimate of drug-likeness (QED) is 0.708. The van der Waals surface area contributed by atoms with Gasteiger partial charge in [0.1, 0.15) is 11.6 Å². The number of esters is 1. The maximum absolute atomic E-state index is 13.1. The fourth-order valence-corrected chi connectivity index (χ4v) is 1.19. The maximum Gasteiger partial charge on any atom is 0.305 e. The van der Waals surface area contributed by atoms with E-state index in [1.807, 2.05) is 0 Å². The Morgan fingerprint density at radius 3 is 2.81 bits per heavy atom. The highest BCUT2D eigenvalue weighted by Crippen LogP contribution is 2.07. The van der Waals surface area contributed by atoms with Crippen LogP contribution in [0, 0.1) is 5.82 Å². The van der Waals surface area contributed by atoms with E-state index < -0.39 is 11.8 Å². The van der Waals surface area contributed by atoms with Crippen molar-refractivity contribution in [2.75, 3.05) is 7.11 Å². The number of hydrogen-bond donors (Lipinski definition) is 0. The van der Waals surface area contributed by atoms with Crippen molar-refractivity contribution in [3.05, 3.63) is 29.8 Å². The van der Waals surface area contributed by atoms with Gasteiger partial charge in [-0.05, 0) is 11.6 Å². The third-order valence-corrected chi connectivity index (χ3v) is 2.08. The predicted octanol–water partition coefficient (Wildman–Crippen LogP) is 1.29. The van der Waals surface area contributed by atoms with Gasteiger partial charge in [-0.2, -0.15) is 0 Å². The molecule has 0 saturated carbocycles. The minimum Gasteiger partial charge on any atom is -0.469 e. The fraction of sp³-hybridized carbons (Fsp3) is 0.364. The van der Waals surface area contributed by atoms with Crippen molar-refractivity contribution in [3.63, 3.8) is 0 Å². The summed E-state index contributed by atoms with van der Waals surface area (Å²) in [6.07, 6.45) is 2.55. The highest BCUT2D eigenvalue weighted by molar-refractivity contribution is 5.84. The first-order valence-electron chi connectivity index (χ1n) is 4.80. The molecule has 0 aliphatic rings. The topological polar surface area (TPSA) is 56.3 Å². The standard InChI is InChI=1S/C11H12FNO3/c1-16-11(15)3-2-9(14)6-8-4-5-13-7-10(8)12/h4-5,7H,2-3,6H2,1H3. The van der Waals surface area contributed by atoms with Crippen LogP contribution in [-0.4, -0.2) is 23.8 Å². The molecule has 0 N–H and O–H groups in total. The Morgan fingerprint density at radius 1 is 1.44 bits per heavy atom. The van der Waals surface area contributed by atoms with E-state index in [9.17, 15) is 14.0 Å². The maximum atomic E-state index is 13.1. The Balaban J connectivity index is 2.46. The molecule has 1 heterocycles. The fourth-order valence-electron chi connectivity index (χ4n) is 1.19. The zero-order chi connectivity index (χ0) is 12.0. The van der Waals surface area contributed by atoms with Gasteiger partial charge in [-0.1, -0.05) is 0 Å². The molecule has 0 fully saturated rings. The van der Waals surface area contributed by atoms with Crippen LogP contribution < -0.4 is 0 Å². The van der Waals surface area contributed by atoms with Crippen LogP contribution in [0.2, 0.25) is 0 Å². The molecule has 0 unspecified atom stereocenters. The SMILES string of the molecule is COC(=O)CCC(=O)Cc1ccncc1F. The van der Waals surface area contributed by atoms with Crippen LogP contribution in [0.3, 0.4) is 0 Å². The summed E-state index contributed by atoms with van der Waals surface area (Å²) in [6, 6.07) is 1.45. The summed E-state index contributed by atoms with van der Waals surface area (Å²) in [6.45, 7) is 0. The molecule has 0 aliphatic carbocycles. The number of Topliss-reactive ketones (excluding diaryl/α,β-unsaturated/α-hetero) is 1. The number of hydrogen-bond acceptors (Lipinski definition) is 4. The number of ketones is 1. The van der Waals surface area contributed by atoms with Crippen LogP contribution in [0.25, 0.3) is 0 Å². The molecule has 0 radical (unpaired) electrons. The van der Waals surface area contributed by atoms with Gasteiger partial charge in [0.2, 0.25) is 0 Å². The normalized spacial score (nSPS) is 9.88. The molecule has 0 saturated heterocycles. The Labute approximate surface area is 92.4 Å². The summed E-state index contributed by atoms with van der Waals surface area (Å²) in [4.78, 5) is 25.7. The number of rotatable bonds is 5. The summed E-state index contributed by atoms with van der Waals surface area (Å²) < 4.78 is 17.5. The van der Waals surface area contributed by atoms with Gasteiger partial charge in [-0.3, -0.25) is 14.6 Å². The van der Waals surface area contributed by atoms with E-state index in [-0.39, 0.29) is 25.0 Å². The van der Waals surface area contributed by atoms with Gasteiger partial charge in [-0.25, -0.2) is 4.39 Å². The molecule has 0 spiro atoms. The third-order valence-electron chi connectivity index (χ3n) is 2.08. The van der Waals surface area contributed by atoms with Crippen LogP contribution in [0.5, 0.6) is 0 Å². The van der Waals surface area contributed by atoms with Gasteiger partial charge in [0, 0.05) is 19.0 Å². The van der Waals surface area contributed by atoms with Crippen LogP contribution in [-0.2, 0) is 20.7 Å². The average molecular weight is 225 g/mol. The van der Waals surface area contributed by atoms with E-state index in [1.165, 1.54) is 19.4 Å². The van der Waals surface area contributed by atoms with E-state index in [1.54, 1.807) is 0 Å². The second kappa shape index (κ2) is 5.95. The molecule has 0 atom stereocenters. The summed E-state index contributed by atoms with van der Waals surface area (Å²) in [5.41, 5.74) is 0.296. The van der Waals surface area contributed by atoms with Crippen molar-refractivity contribution >= 4 is 11.8 Å². The highest BCUT2D eigenvalue weighted by Gasteiger charge is 2.10. The first kappa shape index (κ1) is 12.3. The Kier molecular flexibility index (Phi) is 4.57. The Morgan fingerprint density at radius 2 is 2.19 bits per heavy atom. The largest absolute Gasteiger partial charge is 0.469 e. The predicted molar refractivity (Wildman–Crippen MR) is 54.2 cm³/mol. The van der Waals surface area contributed by atoms with Crippen molar-refractivity contribution < 1.29 is 18.7 Å². The van der Waals surface area contributed by atoms with E-state index >= 15 is 0 Å². The number of carbonyl (C=O) groups excluding carboxylic acids is 2. The third kappa shape index (κ3) is 3.76. The molecule has 1 rings (SSSR count). The number of ether oxygens (including phenoxy) is 1. The number of aromatic nitrogens is 1. The number of carbonyl (C=O) groups is 2. The first-order chi connectivity index (χ1) is 7.63. The summed E-state index contributed by atoms with van der Waals surface area (Å²) in [7, 11) is 1.26. The lowest BCUT2D eigenvalue weighted by molar-refractivity contribution is -0.141. The van der Waals surface area contributed by atoms with Crippen molar-refractivity contribution in [1.82, 2.24) is 4.98 Å². The smallest absolute Gasteiger partial charge is 0.305 e. The van der Waals surface area contributed by atoms with Gasteiger partial charge >= 0.3 is 5.97 Å². The molecule has 16 heavy (non-hydrogen) atoms. The molecular weight excluding hydrogens is 213 g/mol. The number of pyridine rings is 1. The van der Waals surface area contributed by atoms with Gasteiger partial charge in [0.05, 0.1) is 19.7 Å². The second-order valence-corrected chi connectivity index (χ2v) is 3.26. The number of nitrogens with zero attached hydrogens (tertiary/aromatic N) is 1. The minimum atomic E-state index is -0.506. The average Bonchev–Trinajstić information content (AvgIpc) is 2.29. The zero-order valence-corrected chi connectivity index (χ0v) is 8.90. The van der Waals surface area contributed by atoms with Crippen LogP contribution in [0.4, 0.5) is 4.39 Å². The molecule has 0 aromatic carbocycles. The van der Waals surface area contributed by atoms with E-state index in [0.29, 0.717) is 5.56 Å². The van der Waals surface area contributed by atoms with Gasteiger partial charge in [0.25, 0.3) is 0 Å². The molecule has 1 aromatic heterocycles. The van der Waals surface area contributed by atoms with Gasteiger partial charge in [0.15, 0.2) is 0 Å². The lowest BCUT2D eigenvalue weighted by atomic mass is 10.1.